The number of carbonyl (C=O) groups is 2. The van der Waals surface area contributed by atoms with E-state index in [4.69, 9.17) is 24.5 Å². The van der Waals surface area contributed by atoms with Crippen LogP contribution in [0.3, 0.4) is 0 Å². The SMILES string of the molecule is CC1NCCC=C1c1nsnc1OCCSCc1ccccc1.O=C(O)C(=O)O. The van der Waals surface area contributed by atoms with Gasteiger partial charge in [-0.2, -0.15) is 16.1 Å². The van der Waals surface area contributed by atoms with E-state index in [1.807, 2.05) is 17.8 Å². The first-order chi connectivity index (χ1) is 14.0. The van der Waals surface area contributed by atoms with Crippen molar-refractivity contribution in [2.45, 2.75) is 25.1 Å². The zero-order chi connectivity index (χ0) is 21.1. The van der Waals surface area contributed by atoms with Gasteiger partial charge in [-0.1, -0.05) is 36.4 Å². The fourth-order valence-electron chi connectivity index (χ4n) is 2.53. The maximum Gasteiger partial charge on any atom is 0.414 e. The smallest absolute Gasteiger partial charge is 0.414 e. The molecule has 2 heterocycles. The summed E-state index contributed by atoms with van der Waals surface area (Å²) in [4.78, 5) is 18.2. The molecular formula is C19H23N3O5S2. The van der Waals surface area contributed by atoms with Gasteiger partial charge in [0.1, 0.15) is 5.69 Å². The maximum absolute atomic E-state index is 9.10. The standard InChI is InChI=1S/C17H21N3OS2.C2H2O4/c1-13-15(8-5-9-18-13)16-17(20-23-19-16)21-10-11-22-12-14-6-3-2-4-7-14;3-1(4)2(5)6/h2-4,6-8,13,18H,5,9-12H2,1H3;(H,3,4)(H,5,6). The number of benzene rings is 1. The summed E-state index contributed by atoms with van der Waals surface area (Å²) < 4.78 is 14.6. The van der Waals surface area contributed by atoms with E-state index in [0.29, 0.717) is 18.5 Å². The van der Waals surface area contributed by atoms with Gasteiger partial charge in [-0.15, -0.1) is 4.37 Å². The van der Waals surface area contributed by atoms with Crippen molar-refractivity contribution < 1.29 is 24.5 Å². The molecule has 1 unspecified atom stereocenters. The minimum Gasteiger partial charge on any atom is -0.475 e. The number of rotatable bonds is 7. The van der Waals surface area contributed by atoms with Crippen LogP contribution < -0.4 is 10.1 Å². The number of nitrogens with one attached hydrogen (secondary N) is 1. The number of aliphatic carboxylic acids is 2. The minimum absolute atomic E-state index is 0.308. The second kappa shape index (κ2) is 12.2. The number of carboxylic acids is 2. The van der Waals surface area contributed by atoms with Crippen LogP contribution in [0.5, 0.6) is 5.88 Å². The lowest BCUT2D eigenvalue weighted by Gasteiger charge is -2.21. The van der Waals surface area contributed by atoms with Gasteiger partial charge in [0.15, 0.2) is 0 Å². The molecule has 2 aromatic rings. The Morgan fingerprint density at radius 3 is 2.62 bits per heavy atom. The third kappa shape index (κ3) is 7.84. The Balaban J connectivity index is 0.000000438. The third-order valence-corrected chi connectivity index (χ3v) is 5.42. The van der Waals surface area contributed by atoms with Crippen molar-refractivity contribution in [1.29, 1.82) is 0 Å². The molecule has 1 aromatic heterocycles. The molecule has 0 saturated carbocycles. The first-order valence-corrected chi connectivity index (χ1v) is 10.8. The Labute approximate surface area is 177 Å². The molecule has 10 heteroatoms. The Kier molecular flexibility index (Phi) is 9.62. The highest BCUT2D eigenvalue weighted by molar-refractivity contribution is 7.98. The average molecular weight is 438 g/mol. The van der Waals surface area contributed by atoms with E-state index in [1.54, 1.807) is 0 Å². The van der Waals surface area contributed by atoms with Crippen molar-refractivity contribution in [2.24, 2.45) is 0 Å². The molecule has 0 saturated heterocycles. The summed E-state index contributed by atoms with van der Waals surface area (Å²) in [5, 5.41) is 18.2. The van der Waals surface area contributed by atoms with E-state index >= 15 is 0 Å². The van der Waals surface area contributed by atoms with Gasteiger partial charge in [0.05, 0.1) is 18.3 Å². The molecule has 0 radical (unpaired) electrons. The monoisotopic (exact) mass is 437 g/mol. The van der Waals surface area contributed by atoms with Gasteiger partial charge >= 0.3 is 11.9 Å². The van der Waals surface area contributed by atoms with Gasteiger partial charge in [-0.05, 0) is 31.0 Å². The lowest BCUT2D eigenvalue weighted by atomic mass is 10.0. The summed E-state index contributed by atoms with van der Waals surface area (Å²) in [6, 6.07) is 10.8. The zero-order valence-corrected chi connectivity index (χ0v) is 17.5. The highest BCUT2D eigenvalue weighted by Crippen LogP contribution is 2.28. The molecule has 1 atom stereocenters. The van der Waals surface area contributed by atoms with Crippen LogP contribution in [0.2, 0.25) is 0 Å². The summed E-state index contributed by atoms with van der Waals surface area (Å²) in [7, 11) is 0. The maximum atomic E-state index is 9.10. The van der Waals surface area contributed by atoms with E-state index in [1.165, 1.54) is 22.9 Å². The molecule has 0 fully saturated rings. The fraction of sp³-hybridized carbons (Fsp3) is 0.368. The molecular weight excluding hydrogens is 414 g/mol. The van der Waals surface area contributed by atoms with Crippen LogP contribution in [0.25, 0.3) is 5.57 Å². The van der Waals surface area contributed by atoms with Crippen LogP contribution in [-0.2, 0) is 15.3 Å². The van der Waals surface area contributed by atoms with Gasteiger partial charge in [0, 0.05) is 17.5 Å². The molecule has 156 valence electrons. The van der Waals surface area contributed by atoms with Crippen LogP contribution in [0, 0.1) is 0 Å². The number of hydrogen-bond donors (Lipinski definition) is 3. The van der Waals surface area contributed by atoms with Crippen LogP contribution in [0.1, 0.15) is 24.6 Å². The van der Waals surface area contributed by atoms with Crippen molar-refractivity contribution >= 4 is 41.0 Å². The second-order valence-corrected chi connectivity index (χ2v) is 7.67. The van der Waals surface area contributed by atoms with E-state index in [2.05, 4.69) is 51.3 Å². The first kappa shape index (κ1) is 22.9. The minimum atomic E-state index is -1.82. The van der Waals surface area contributed by atoms with Crippen molar-refractivity contribution in [1.82, 2.24) is 14.1 Å². The highest BCUT2D eigenvalue weighted by Gasteiger charge is 2.21. The number of aromatic nitrogens is 2. The lowest BCUT2D eigenvalue weighted by molar-refractivity contribution is -0.159. The lowest BCUT2D eigenvalue weighted by Crippen LogP contribution is -2.31. The van der Waals surface area contributed by atoms with Crippen LogP contribution >= 0.6 is 23.5 Å². The molecule has 0 aliphatic carbocycles. The summed E-state index contributed by atoms with van der Waals surface area (Å²) in [5.74, 6) is -1.01. The van der Waals surface area contributed by atoms with Crippen LogP contribution in [0.15, 0.2) is 36.4 Å². The summed E-state index contributed by atoms with van der Waals surface area (Å²) >= 11 is 3.10. The van der Waals surface area contributed by atoms with E-state index < -0.39 is 11.9 Å². The van der Waals surface area contributed by atoms with E-state index in [-0.39, 0.29) is 0 Å². The van der Waals surface area contributed by atoms with Gasteiger partial charge in [-0.3, -0.25) is 0 Å². The van der Waals surface area contributed by atoms with Crippen molar-refractivity contribution in [2.75, 3.05) is 18.9 Å². The molecule has 1 aromatic carbocycles. The predicted octanol–water partition coefficient (Wildman–Crippen LogP) is 2.77. The summed E-state index contributed by atoms with van der Waals surface area (Å²) in [6.45, 7) is 3.84. The molecule has 8 nitrogen and oxygen atoms in total. The summed E-state index contributed by atoms with van der Waals surface area (Å²) in [5.41, 5.74) is 3.46. The highest BCUT2D eigenvalue weighted by atomic mass is 32.2. The Hall–Kier alpha value is -2.43. The molecule has 1 aliphatic heterocycles. The van der Waals surface area contributed by atoms with Crippen LogP contribution in [0.4, 0.5) is 0 Å². The largest absolute Gasteiger partial charge is 0.475 e. The molecule has 3 N–H and O–H groups in total. The molecule has 0 amide bonds. The number of carboxylic acid groups (broad SMARTS) is 2. The average Bonchev–Trinajstić information content (AvgIpc) is 3.17. The first-order valence-electron chi connectivity index (χ1n) is 8.96. The normalized spacial score (nSPS) is 15.6. The number of nitrogens with zero attached hydrogens (tertiary/aromatic N) is 2. The molecule has 3 rings (SSSR count). The molecule has 29 heavy (non-hydrogen) atoms. The molecule has 0 spiro atoms. The quantitative estimate of drug-likeness (QED) is 0.443. The summed E-state index contributed by atoms with van der Waals surface area (Å²) in [6.07, 6.45) is 3.28. The Morgan fingerprint density at radius 2 is 1.97 bits per heavy atom. The predicted molar refractivity (Wildman–Crippen MR) is 113 cm³/mol. The zero-order valence-electron chi connectivity index (χ0n) is 15.9. The van der Waals surface area contributed by atoms with Crippen molar-refractivity contribution in [3.05, 3.63) is 47.7 Å². The second-order valence-electron chi connectivity index (χ2n) is 6.04. The van der Waals surface area contributed by atoms with Gasteiger partial charge < -0.3 is 20.3 Å². The number of thioether (sulfide) groups is 1. The van der Waals surface area contributed by atoms with Crippen LogP contribution in [-0.4, -0.2) is 55.8 Å². The molecule has 1 aliphatic rings. The third-order valence-electron chi connectivity index (χ3n) is 3.92. The number of ether oxygens (including phenoxy) is 1. The van der Waals surface area contributed by atoms with Crippen molar-refractivity contribution in [3.63, 3.8) is 0 Å². The Morgan fingerprint density at radius 1 is 1.24 bits per heavy atom. The van der Waals surface area contributed by atoms with Gasteiger partial charge in [0.25, 0.3) is 5.88 Å². The van der Waals surface area contributed by atoms with E-state index in [9.17, 15) is 0 Å². The van der Waals surface area contributed by atoms with E-state index in [0.717, 1.165) is 30.2 Å². The van der Waals surface area contributed by atoms with Gasteiger partial charge in [-0.25, -0.2) is 9.59 Å². The number of hydrogen-bond acceptors (Lipinski definition) is 8. The van der Waals surface area contributed by atoms with Crippen molar-refractivity contribution in [3.8, 4) is 5.88 Å². The molecule has 0 bridgehead atoms. The topological polar surface area (TPSA) is 122 Å². The van der Waals surface area contributed by atoms with Gasteiger partial charge in [0.2, 0.25) is 0 Å². The Bertz CT molecular complexity index is 814. The fourth-order valence-corrected chi connectivity index (χ4v) is 3.82.